The van der Waals surface area contributed by atoms with Gasteiger partial charge in [-0.3, -0.25) is 79.8 Å². The Labute approximate surface area is 656 Å². The molecule has 0 aliphatic heterocycles. The van der Waals surface area contributed by atoms with Crippen LogP contribution in [0.4, 0.5) is 0 Å². The number of nitrogens with zero attached hydrogens (tertiary/aromatic N) is 22. The molecule has 22 nitrogen and oxygen atoms in total. The van der Waals surface area contributed by atoms with Crippen molar-refractivity contribution in [3.63, 3.8) is 0 Å². The van der Waals surface area contributed by atoms with Gasteiger partial charge in [0.05, 0.1) is 45.6 Å². The number of unbranched alkanes of at least 4 members (excludes halogenated alkanes) is 1. The molecule has 0 fully saturated rings. The van der Waals surface area contributed by atoms with Crippen LogP contribution >= 0.6 is 0 Å². The molecule has 0 saturated carbocycles. The molecule has 8 rings (SSSR count). The predicted octanol–water partition coefficient (Wildman–Crippen LogP) is 12.4. The molecule has 0 aromatic carbocycles. The average Bonchev–Trinajstić information content (AvgIpc) is 1.41. The Morgan fingerprint density at radius 3 is 0.418 bits per heavy atom. The molecule has 22 heteroatoms. The lowest BCUT2D eigenvalue weighted by Gasteiger charge is -2.29. The van der Waals surface area contributed by atoms with E-state index in [1.807, 2.05) is 245 Å². The third-order valence-electron chi connectivity index (χ3n) is 18.4. The van der Waals surface area contributed by atoms with E-state index in [0.29, 0.717) is 0 Å². The van der Waals surface area contributed by atoms with Crippen molar-refractivity contribution in [1.29, 1.82) is 0 Å². The molecule has 0 saturated heterocycles. The first-order valence-corrected chi connectivity index (χ1v) is 40.3. The van der Waals surface area contributed by atoms with Gasteiger partial charge >= 0.3 is 0 Å². The highest BCUT2D eigenvalue weighted by Crippen LogP contribution is 2.11. The summed E-state index contributed by atoms with van der Waals surface area (Å²) in [6.45, 7) is 24.2. The number of aromatic nitrogens is 8. The zero-order valence-electron chi connectivity index (χ0n) is 65.2. The van der Waals surface area contributed by atoms with Gasteiger partial charge in [0.1, 0.15) is 0 Å². The molecule has 8 aromatic rings. The number of aliphatic imine (C=N–C) groups is 8. The van der Waals surface area contributed by atoms with Crippen LogP contribution in [0.15, 0.2) is 235 Å². The summed E-state index contributed by atoms with van der Waals surface area (Å²) in [4.78, 5) is 90.1. The van der Waals surface area contributed by atoms with Gasteiger partial charge in [-0.25, -0.2) is 0 Å². The Morgan fingerprint density at radius 2 is 0.291 bits per heavy atom. The standard InChI is InChI=1S/C88H120N22/c1-9-47-97-81(31-1)73-89-39-19-57-107(58-20-40-90-74-82-32-2-10-48-98-82)69-27-65-105(66-28-70-108(59-21-41-91-75-83-33-3-11-49-99-83)60-22-42-92-76-84-34-4-12-50-100-84)55-17-18-56-106(67-29-71-109(61-23-43-93-77-85-35-5-13-51-101-85)62-24-44-94-78-86-36-6-14-52-102-86)68-30-72-110(63-25-45-95-79-87-37-7-15-53-103-87)64-26-46-96-80-88-38-8-16-54-104-88/h1-16,31-38,47-54,73-80H,17-30,39-46,55-72H2. The molecule has 0 amide bonds. The summed E-state index contributed by atoms with van der Waals surface area (Å²) in [5, 5.41) is 0. The summed E-state index contributed by atoms with van der Waals surface area (Å²) in [7, 11) is 0. The van der Waals surface area contributed by atoms with Gasteiger partial charge in [0.15, 0.2) is 0 Å². The average molecular weight is 1490 g/mol. The van der Waals surface area contributed by atoms with Crippen LogP contribution in [0.1, 0.15) is 135 Å². The lowest BCUT2D eigenvalue weighted by molar-refractivity contribution is 0.191. The zero-order valence-corrected chi connectivity index (χ0v) is 65.2. The number of pyridine rings is 8. The summed E-state index contributed by atoms with van der Waals surface area (Å²) in [5.41, 5.74) is 7.12. The lowest BCUT2D eigenvalue weighted by Crippen LogP contribution is -2.36. The molecule has 0 aliphatic rings. The first-order valence-electron chi connectivity index (χ1n) is 40.3. The van der Waals surface area contributed by atoms with Gasteiger partial charge in [0, 0.05) is 152 Å². The smallest absolute Gasteiger partial charge is 0.0807 e. The van der Waals surface area contributed by atoms with Crippen LogP contribution in [0.5, 0.6) is 0 Å². The second kappa shape index (κ2) is 58.3. The fourth-order valence-corrected chi connectivity index (χ4v) is 12.7. The van der Waals surface area contributed by atoms with E-state index in [4.69, 9.17) is 39.9 Å². The van der Waals surface area contributed by atoms with E-state index in [1.54, 1.807) is 0 Å². The maximum absolute atomic E-state index is 4.79. The number of rotatable bonds is 61. The predicted molar refractivity (Wildman–Crippen MR) is 457 cm³/mol. The molecular formula is C88H120N22. The van der Waals surface area contributed by atoms with Crippen molar-refractivity contribution in [2.75, 3.05) is 170 Å². The molecule has 0 spiro atoms. The molecule has 0 bridgehead atoms. The van der Waals surface area contributed by atoms with Crippen molar-refractivity contribution in [1.82, 2.24) is 69.3 Å². The Morgan fingerprint density at radius 1 is 0.164 bits per heavy atom. The van der Waals surface area contributed by atoms with E-state index in [9.17, 15) is 0 Å². The quantitative estimate of drug-likeness (QED) is 0.0256. The van der Waals surface area contributed by atoms with Crippen molar-refractivity contribution in [3.05, 3.63) is 241 Å². The van der Waals surface area contributed by atoms with Crippen LogP contribution in [0, 0.1) is 0 Å². The fourth-order valence-electron chi connectivity index (χ4n) is 12.7. The van der Waals surface area contributed by atoms with E-state index in [2.05, 4.69) is 69.3 Å². The van der Waals surface area contributed by atoms with Gasteiger partial charge in [-0.1, -0.05) is 48.5 Å². The molecule has 0 aliphatic carbocycles. The normalized spacial score (nSPS) is 12.4. The van der Waals surface area contributed by atoms with E-state index < -0.39 is 0 Å². The molecule has 0 unspecified atom stereocenters. The van der Waals surface area contributed by atoms with Crippen LogP contribution in [0.25, 0.3) is 0 Å². The Hall–Kier alpha value is -9.68. The molecular weight excluding hydrogens is 1370 g/mol. The first kappa shape index (κ1) is 85.9. The van der Waals surface area contributed by atoms with Crippen molar-refractivity contribution in [2.24, 2.45) is 39.9 Å². The Balaban J connectivity index is 0.945. The zero-order chi connectivity index (χ0) is 76.0. The van der Waals surface area contributed by atoms with Gasteiger partial charge in [-0.15, -0.1) is 0 Å². The Kier molecular flexibility index (Phi) is 45.5. The molecule has 0 radical (unpaired) electrons. The van der Waals surface area contributed by atoms with Gasteiger partial charge in [0.25, 0.3) is 0 Å². The van der Waals surface area contributed by atoms with Gasteiger partial charge < -0.3 is 29.4 Å². The number of hydrogen-bond acceptors (Lipinski definition) is 22. The summed E-state index contributed by atoms with van der Waals surface area (Å²) >= 11 is 0. The maximum atomic E-state index is 4.79. The van der Waals surface area contributed by atoms with Crippen molar-refractivity contribution < 1.29 is 0 Å². The van der Waals surface area contributed by atoms with E-state index in [0.717, 1.165) is 306 Å². The van der Waals surface area contributed by atoms with Gasteiger partial charge in [-0.2, -0.15) is 0 Å². The van der Waals surface area contributed by atoms with Gasteiger partial charge in [-0.05, 0) is 305 Å². The fraction of sp³-hybridized carbons (Fsp3) is 0.455. The van der Waals surface area contributed by atoms with Crippen LogP contribution in [-0.2, 0) is 0 Å². The second-order valence-electron chi connectivity index (χ2n) is 27.3. The van der Waals surface area contributed by atoms with Crippen LogP contribution in [-0.4, -0.2) is 289 Å². The highest BCUT2D eigenvalue weighted by molar-refractivity contribution is 5.79. The molecule has 8 heterocycles. The van der Waals surface area contributed by atoms with Crippen molar-refractivity contribution in [3.8, 4) is 0 Å². The minimum atomic E-state index is 0.758. The summed E-state index contributed by atoms with van der Waals surface area (Å²) in [6, 6.07) is 47.6. The monoisotopic (exact) mass is 1490 g/mol. The lowest BCUT2D eigenvalue weighted by atomic mass is 10.2. The van der Waals surface area contributed by atoms with Crippen LogP contribution in [0.3, 0.4) is 0 Å². The largest absolute Gasteiger partial charge is 0.303 e. The summed E-state index contributed by atoms with van der Waals surface area (Å²) in [6.07, 6.45) is 44.2. The molecule has 110 heavy (non-hydrogen) atoms. The summed E-state index contributed by atoms with van der Waals surface area (Å²) < 4.78 is 0. The molecule has 582 valence electrons. The molecule has 0 N–H and O–H groups in total. The van der Waals surface area contributed by atoms with E-state index in [1.165, 1.54) is 0 Å². The van der Waals surface area contributed by atoms with E-state index >= 15 is 0 Å². The second-order valence-corrected chi connectivity index (χ2v) is 27.3. The number of hydrogen-bond donors (Lipinski definition) is 0. The minimum Gasteiger partial charge on any atom is -0.303 e. The molecule has 0 atom stereocenters. The van der Waals surface area contributed by atoms with Gasteiger partial charge in [0.2, 0.25) is 0 Å². The van der Waals surface area contributed by atoms with Crippen LogP contribution < -0.4 is 0 Å². The third kappa shape index (κ3) is 41.8. The van der Waals surface area contributed by atoms with E-state index in [-0.39, 0.29) is 0 Å². The Bertz CT molecular complexity index is 3050. The maximum Gasteiger partial charge on any atom is 0.0807 e. The van der Waals surface area contributed by atoms with Crippen LogP contribution in [0.2, 0.25) is 0 Å². The SMILES string of the molecule is C(=NCCCN(CCCN=Cc1ccccn1)CCCN(CCCCN(CCCN(CCCN=Cc1ccccn1)CCCN=Cc1ccccn1)CCCN(CCCN=Cc1ccccn1)CCCN=Cc1ccccn1)CCCN(CCCN=Cc1ccccn1)CCCN=Cc1ccccn1)c1ccccn1. The third-order valence-corrected chi connectivity index (χ3v) is 18.4. The molecule has 8 aromatic heterocycles. The summed E-state index contributed by atoms with van der Waals surface area (Å²) in [5.74, 6) is 0. The first-order chi connectivity index (χ1) is 54.6. The minimum absolute atomic E-state index is 0.758. The highest BCUT2D eigenvalue weighted by Gasteiger charge is 2.15. The van der Waals surface area contributed by atoms with Crippen molar-refractivity contribution >= 4 is 49.7 Å². The highest BCUT2D eigenvalue weighted by atomic mass is 15.2. The topological polar surface area (TPSA) is 221 Å². The van der Waals surface area contributed by atoms with Crippen molar-refractivity contribution in [2.45, 2.75) is 89.9 Å².